The largest absolute Gasteiger partial charge is 0.356 e. The molecular weight excluding hydrogens is 296 g/mol. The Hall–Kier alpha value is -0.200. The average molecular weight is 332 g/mol. The van der Waals surface area contributed by atoms with Gasteiger partial charge in [0, 0.05) is 7.11 Å². The third-order valence-electron chi connectivity index (χ3n) is 3.98. The highest BCUT2D eigenvalue weighted by molar-refractivity contribution is 4.70. The summed E-state index contributed by atoms with van der Waals surface area (Å²) in [6.45, 7) is 9.16. The number of unbranched alkanes of at least 4 members (excludes halogenated alkanes) is 4. The molecule has 1 saturated heterocycles. The summed E-state index contributed by atoms with van der Waals surface area (Å²) in [6, 6.07) is 0. The van der Waals surface area contributed by atoms with Crippen LogP contribution in [0.2, 0.25) is 0 Å². The van der Waals surface area contributed by atoms with Gasteiger partial charge in [-0.05, 0) is 33.1 Å². The maximum Gasteiger partial charge on any atom is 0.163 e. The van der Waals surface area contributed by atoms with Crippen molar-refractivity contribution in [3.8, 4) is 0 Å². The van der Waals surface area contributed by atoms with Crippen molar-refractivity contribution in [1.29, 1.82) is 0 Å². The second kappa shape index (κ2) is 11.4. The van der Waals surface area contributed by atoms with Gasteiger partial charge in [-0.25, -0.2) is 0 Å². The predicted octanol–water partition coefficient (Wildman–Crippen LogP) is 4.24. The quantitative estimate of drug-likeness (QED) is 0.373. The number of hydrogen-bond donors (Lipinski definition) is 0. The van der Waals surface area contributed by atoms with Crippen molar-refractivity contribution in [2.24, 2.45) is 0 Å². The first-order chi connectivity index (χ1) is 11.0. The van der Waals surface area contributed by atoms with E-state index in [1.165, 1.54) is 25.7 Å². The molecule has 0 saturated carbocycles. The van der Waals surface area contributed by atoms with E-state index < -0.39 is 5.79 Å². The van der Waals surface area contributed by atoms with Crippen molar-refractivity contribution in [2.45, 2.75) is 97.1 Å². The van der Waals surface area contributed by atoms with E-state index in [2.05, 4.69) is 13.8 Å². The predicted molar refractivity (Wildman–Crippen MR) is 90.2 cm³/mol. The van der Waals surface area contributed by atoms with Crippen LogP contribution in [-0.4, -0.2) is 44.8 Å². The third kappa shape index (κ3) is 9.01. The lowest BCUT2D eigenvalue weighted by atomic mass is 10.1. The lowest BCUT2D eigenvalue weighted by Crippen LogP contribution is -2.30. The van der Waals surface area contributed by atoms with E-state index in [-0.39, 0.29) is 18.7 Å². The van der Waals surface area contributed by atoms with Gasteiger partial charge >= 0.3 is 0 Å². The Kier molecular flexibility index (Phi) is 10.3. The lowest BCUT2D eigenvalue weighted by molar-refractivity contribution is -0.248. The van der Waals surface area contributed by atoms with Crippen molar-refractivity contribution in [3.05, 3.63) is 0 Å². The van der Waals surface area contributed by atoms with Gasteiger partial charge in [-0.2, -0.15) is 0 Å². The number of rotatable bonds is 13. The van der Waals surface area contributed by atoms with Crippen LogP contribution in [0.4, 0.5) is 0 Å². The molecule has 1 heterocycles. The fourth-order valence-electron chi connectivity index (χ4n) is 2.64. The monoisotopic (exact) mass is 332 g/mol. The second-order valence-corrected chi connectivity index (χ2v) is 6.63. The number of methoxy groups -OCH3 is 1. The molecule has 0 bridgehead atoms. The van der Waals surface area contributed by atoms with E-state index in [0.717, 1.165) is 19.3 Å². The minimum absolute atomic E-state index is 0.0299. The molecule has 23 heavy (non-hydrogen) atoms. The highest BCUT2D eigenvalue weighted by Gasteiger charge is 2.33. The highest BCUT2D eigenvalue weighted by Crippen LogP contribution is 2.23. The molecule has 0 N–H and O–H groups in total. The van der Waals surface area contributed by atoms with Crippen LogP contribution in [0.3, 0.4) is 0 Å². The third-order valence-corrected chi connectivity index (χ3v) is 3.98. The van der Waals surface area contributed by atoms with Gasteiger partial charge in [0.2, 0.25) is 0 Å². The summed E-state index contributed by atoms with van der Waals surface area (Å²) in [5.74, 6) is -0.510. The fourth-order valence-corrected chi connectivity index (χ4v) is 2.64. The van der Waals surface area contributed by atoms with Crippen molar-refractivity contribution >= 4 is 0 Å². The van der Waals surface area contributed by atoms with Gasteiger partial charge in [0.25, 0.3) is 0 Å². The van der Waals surface area contributed by atoms with E-state index in [0.29, 0.717) is 13.2 Å². The van der Waals surface area contributed by atoms with E-state index in [4.69, 9.17) is 23.7 Å². The number of hydrogen-bond acceptors (Lipinski definition) is 5. The van der Waals surface area contributed by atoms with Crippen LogP contribution in [0.5, 0.6) is 0 Å². The standard InChI is InChI=1S/C18H36O5/c1-6-8-9-10-11-12-17(19-5)22-16(7-2)20-13-15-14-21-18(3,4)23-15/h15-17H,6-14H2,1-5H3. The Morgan fingerprint density at radius 2 is 1.83 bits per heavy atom. The zero-order valence-electron chi connectivity index (χ0n) is 15.6. The SMILES string of the molecule is CCCCCCCC(OC)OC(CC)OCC1COC(C)(C)O1. The maximum absolute atomic E-state index is 5.93. The Morgan fingerprint density at radius 1 is 1.09 bits per heavy atom. The molecule has 1 fully saturated rings. The zero-order valence-corrected chi connectivity index (χ0v) is 15.6. The van der Waals surface area contributed by atoms with E-state index >= 15 is 0 Å². The van der Waals surface area contributed by atoms with Crippen LogP contribution in [0.15, 0.2) is 0 Å². The first kappa shape index (κ1) is 20.8. The zero-order chi connectivity index (χ0) is 17.1. The lowest BCUT2D eigenvalue weighted by Gasteiger charge is -2.24. The average Bonchev–Trinajstić information content (AvgIpc) is 2.88. The molecule has 1 aliphatic rings. The van der Waals surface area contributed by atoms with Crippen molar-refractivity contribution < 1.29 is 23.7 Å². The summed E-state index contributed by atoms with van der Waals surface area (Å²) in [7, 11) is 1.69. The molecule has 0 aromatic heterocycles. The molecule has 3 unspecified atom stereocenters. The van der Waals surface area contributed by atoms with Crippen LogP contribution in [0.25, 0.3) is 0 Å². The van der Waals surface area contributed by atoms with E-state index in [9.17, 15) is 0 Å². The van der Waals surface area contributed by atoms with Crippen LogP contribution in [0.1, 0.15) is 72.6 Å². The maximum atomic E-state index is 5.93. The summed E-state index contributed by atoms with van der Waals surface area (Å²) < 4.78 is 28.5. The number of ether oxygens (including phenoxy) is 5. The second-order valence-electron chi connectivity index (χ2n) is 6.63. The highest BCUT2D eigenvalue weighted by atomic mass is 16.8. The summed E-state index contributed by atoms with van der Waals surface area (Å²) in [6.07, 6.45) is 7.43. The van der Waals surface area contributed by atoms with Gasteiger partial charge in [0.15, 0.2) is 18.4 Å². The van der Waals surface area contributed by atoms with E-state index in [1.807, 2.05) is 13.8 Å². The van der Waals surface area contributed by atoms with Gasteiger partial charge in [0.05, 0.1) is 13.2 Å². The van der Waals surface area contributed by atoms with E-state index in [1.54, 1.807) is 7.11 Å². The first-order valence-electron chi connectivity index (χ1n) is 9.12. The minimum atomic E-state index is -0.510. The van der Waals surface area contributed by atoms with Gasteiger partial charge in [-0.3, -0.25) is 0 Å². The van der Waals surface area contributed by atoms with Gasteiger partial charge in [0.1, 0.15) is 6.10 Å². The normalized spacial score (nSPS) is 23.1. The van der Waals surface area contributed by atoms with Crippen LogP contribution in [0, 0.1) is 0 Å². The molecule has 0 radical (unpaired) electrons. The molecule has 0 spiro atoms. The van der Waals surface area contributed by atoms with Crippen LogP contribution in [-0.2, 0) is 23.7 Å². The molecule has 0 amide bonds. The Bertz CT molecular complexity index is 295. The van der Waals surface area contributed by atoms with Crippen molar-refractivity contribution in [1.82, 2.24) is 0 Å². The molecule has 0 aliphatic carbocycles. The molecule has 5 heteroatoms. The minimum Gasteiger partial charge on any atom is -0.356 e. The van der Waals surface area contributed by atoms with Crippen LogP contribution >= 0.6 is 0 Å². The molecule has 138 valence electrons. The fraction of sp³-hybridized carbons (Fsp3) is 1.00. The molecule has 1 rings (SSSR count). The Balaban J connectivity index is 2.21. The molecule has 0 aromatic carbocycles. The summed E-state index contributed by atoms with van der Waals surface area (Å²) in [5, 5.41) is 0. The molecule has 0 aromatic rings. The molecule has 5 nitrogen and oxygen atoms in total. The Labute approximate surface area is 142 Å². The molecular formula is C18H36O5. The molecule has 1 aliphatic heterocycles. The van der Waals surface area contributed by atoms with Crippen molar-refractivity contribution in [2.75, 3.05) is 20.3 Å². The summed E-state index contributed by atoms with van der Waals surface area (Å²) in [4.78, 5) is 0. The van der Waals surface area contributed by atoms with Gasteiger partial charge < -0.3 is 23.7 Å². The summed E-state index contributed by atoms with van der Waals surface area (Å²) >= 11 is 0. The van der Waals surface area contributed by atoms with Gasteiger partial charge in [-0.1, -0.05) is 39.5 Å². The van der Waals surface area contributed by atoms with Crippen LogP contribution < -0.4 is 0 Å². The molecule has 3 atom stereocenters. The first-order valence-corrected chi connectivity index (χ1v) is 9.12. The van der Waals surface area contributed by atoms with Crippen molar-refractivity contribution in [3.63, 3.8) is 0 Å². The smallest absolute Gasteiger partial charge is 0.163 e. The summed E-state index contributed by atoms with van der Waals surface area (Å²) in [5.41, 5.74) is 0. The van der Waals surface area contributed by atoms with Gasteiger partial charge in [-0.15, -0.1) is 0 Å². The topological polar surface area (TPSA) is 46.2 Å². The Morgan fingerprint density at radius 3 is 2.39 bits per heavy atom.